The zero-order valence-corrected chi connectivity index (χ0v) is 13.4. The van der Waals surface area contributed by atoms with Gasteiger partial charge >= 0.3 is 0 Å². The topological polar surface area (TPSA) is 81.7 Å². The Balaban J connectivity index is 1.37. The van der Waals surface area contributed by atoms with E-state index in [-0.39, 0.29) is 11.9 Å². The Morgan fingerprint density at radius 2 is 2.04 bits per heavy atom. The Hall–Kier alpha value is -2.74. The largest absolute Gasteiger partial charge is 0.334 e. The molecule has 1 aliphatic heterocycles. The molecule has 2 aromatic heterocycles. The monoisotopic (exact) mass is 343 g/mol. The fraction of sp³-hybridized carbons (Fsp3) is 0.267. The minimum absolute atomic E-state index is 0.0187. The molecule has 1 amide bonds. The number of nitrogens with zero attached hydrogens (tertiary/aromatic N) is 7. The molecule has 1 aliphatic rings. The molecular weight excluding hydrogens is 330 g/mol. The van der Waals surface area contributed by atoms with E-state index < -0.39 is 0 Å². The van der Waals surface area contributed by atoms with Crippen molar-refractivity contribution in [1.29, 1.82) is 0 Å². The van der Waals surface area contributed by atoms with Crippen LogP contribution in [0.1, 0.15) is 22.1 Å². The normalized spacial score (nSPS) is 14.6. The number of benzene rings is 1. The van der Waals surface area contributed by atoms with Crippen LogP contribution in [0.25, 0.3) is 0 Å². The van der Waals surface area contributed by atoms with Crippen molar-refractivity contribution in [3.05, 3.63) is 59.1 Å². The van der Waals surface area contributed by atoms with Crippen LogP contribution in [-0.2, 0) is 6.54 Å². The average Bonchev–Trinajstić information content (AvgIpc) is 3.18. The Bertz CT molecular complexity index is 854. The number of halogens is 1. The Morgan fingerprint density at radius 1 is 1.25 bits per heavy atom. The van der Waals surface area contributed by atoms with E-state index in [2.05, 4.69) is 20.5 Å². The fourth-order valence-electron chi connectivity index (χ4n) is 2.63. The summed E-state index contributed by atoms with van der Waals surface area (Å²) < 4.78 is 1.79. The van der Waals surface area contributed by atoms with Crippen molar-refractivity contribution in [3.63, 3.8) is 0 Å². The van der Waals surface area contributed by atoms with Gasteiger partial charge < -0.3 is 4.90 Å². The van der Waals surface area contributed by atoms with Gasteiger partial charge in [0.25, 0.3) is 5.91 Å². The van der Waals surface area contributed by atoms with Gasteiger partial charge in [0.1, 0.15) is 12.2 Å². The van der Waals surface area contributed by atoms with E-state index in [1.54, 1.807) is 51.0 Å². The van der Waals surface area contributed by atoms with Crippen LogP contribution in [0.5, 0.6) is 0 Å². The number of likely N-dealkylation sites (tertiary alicyclic amines) is 1. The lowest BCUT2D eigenvalue weighted by atomic mass is 10.1. The van der Waals surface area contributed by atoms with Gasteiger partial charge in [-0.1, -0.05) is 22.9 Å². The lowest BCUT2D eigenvalue weighted by Crippen LogP contribution is -2.50. The van der Waals surface area contributed by atoms with Gasteiger partial charge in [0.05, 0.1) is 24.6 Å². The van der Waals surface area contributed by atoms with Crippen LogP contribution >= 0.6 is 11.6 Å². The third-order valence-electron chi connectivity index (χ3n) is 3.92. The van der Waals surface area contributed by atoms with Gasteiger partial charge in [0.15, 0.2) is 0 Å². The number of carbonyl (C=O) groups excluding carboxylic acids is 1. The highest BCUT2D eigenvalue weighted by Crippen LogP contribution is 2.23. The molecule has 0 N–H and O–H groups in total. The Kier molecular flexibility index (Phi) is 3.73. The summed E-state index contributed by atoms with van der Waals surface area (Å²) in [4.78, 5) is 15.7. The van der Waals surface area contributed by atoms with Crippen molar-refractivity contribution in [2.24, 2.45) is 0 Å². The molecule has 1 fully saturated rings. The first kappa shape index (κ1) is 14.8. The maximum atomic E-state index is 12.4. The van der Waals surface area contributed by atoms with Crippen LogP contribution in [0.2, 0.25) is 5.02 Å². The van der Waals surface area contributed by atoms with Crippen LogP contribution < -0.4 is 0 Å². The quantitative estimate of drug-likeness (QED) is 0.712. The van der Waals surface area contributed by atoms with Gasteiger partial charge in [-0.3, -0.25) is 4.79 Å². The summed E-state index contributed by atoms with van der Waals surface area (Å²) >= 11 is 5.94. The zero-order valence-electron chi connectivity index (χ0n) is 12.7. The van der Waals surface area contributed by atoms with E-state index in [4.69, 9.17) is 11.6 Å². The number of hydrogen-bond acceptors (Lipinski definition) is 5. The van der Waals surface area contributed by atoms with Crippen LogP contribution in [0.4, 0.5) is 0 Å². The lowest BCUT2D eigenvalue weighted by Gasteiger charge is -2.38. The van der Waals surface area contributed by atoms with E-state index in [1.807, 2.05) is 6.20 Å². The van der Waals surface area contributed by atoms with Gasteiger partial charge in [-0.15, -0.1) is 5.10 Å². The summed E-state index contributed by atoms with van der Waals surface area (Å²) in [6.07, 6.45) is 5.11. The summed E-state index contributed by atoms with van der Waals surface area (Å²) in [6.45, 7) is 1.69. The molecule has 0 saturated carbocycles. The highest BCUT2D eigenvalue weighted by molar-refractivity contribution is 6.30. The number of hydrogen-bond donors (Lipinski definition) is 0. The Morgan fingerprint density at radius 3 is 2.79 bits per heavy atom. The number of carbonyl (C=O) groups is 1. The van der Waals surface area contributed by atoms with Gasteiger partial charge in [0.2, 0.25) is 0 Å². The van der Waals surface area contributed by atoms with Gasteiger partial charge in [-0.05, 0) is 18.2 Å². The van der Waals surface area contributed by atoms with Crippen molar-refractivity contribution < 1.29 is 4.79 Å². The second-order valence-electron chi connectivity index (χ2n) is 5.62. The molecule has 0 aliphatic carbocycles. The molecule has 0 unspecified atom stereocenters. The molecule has 4 rings (SSSR count). The molecular formula is C15H14ClN7O. The van der Waals surface area contributed by atoms with Crippen molar-refractivity contribution in [3.8, 4) is 0 Å². The van der Waals surface area contributed by atoms with Gasteiger partial charge in [-0.25, -0.2) is 4.68 Å². The summed E-state index contributed by atoms with van der Waals surface area (Å²) in [5, 5.41) is 16.9. The molecule has 1 saturated heterocycles. The molecule has 8 nitrogen and oxygen atoms in total. The number of amides is 1. The van der Waals surface area contributed by atoms with E-state index in [9.17, 15) is 4.79 Å². The Labute approximate surface area is 142 Å². The SMILES string of the molecule is O=C(c1cccc(Cl)c1)N1CC(n2cc(Cn3nccn3)nn2)C1. The molecule has 24 heavy (non-hydrogen) atoms. The van der Waals surface area contributed by atoms with Crippen LogP contribution in [0.15, 0.2) is 42.9 Å². The minimum atomic E-state index is -0.0187. The third kappa shape index (κ3) is 2.88. The van der Waals surface area contributed by atoms with E-state index >= 15 is 0 Å². The van der Waals surface area contributed by atoms with Crippen molar-refractivity contribution in [2.45, 2.75) is 12.6 Å². The summed E-state index contributed by atoms with van der Waals surface area (Å²) in [7, 11) is 0. The standard InChI is InChI=1S/C15H14ClN7O/c16-12-3-1-2-11(6-12)15(24)21-9-14(10-21)22-7-13(19-20-22)8-23-17-4-5-18-23/h1-7,14H,8-10H2. The molecule has 0 atom stereocenters. The molecule has 9 heteroatoms. The summed E-state index contributed by atoms with van der Waals surface area (Å²) in [5.74, 6) is -0.0187. The van der Waals surface area contributed by atoms with Crippen LogP contribution in [0, 0.1) is 0 Å². The van der Waals surface area contributed by atoms with E-state index in [0.29, 0.717) is 30.2 Å². The maximum Gasteiger partial charge on any atom is 0.254 e. The van der Waals surface area contributed by atoms with Crippen molar-refractivity contribution in [2.75, 3.05) is 13.1 Å². The molecule has 1 aromatic carbocycles. The predicted octanol–water partition coefficient (Wildman–Crippen LogP) is 1.27. The first-order valence-electron chi connectivity index (χ1n) is 7.49. The smallest absolute Gasteiger partial charge is 0.254 e. The highest BCUT2D eigenvalue weighted by atomic mass is 35.5. The first-order valence-corrected chi connectivity index (χ1v) is 7.86. The van der Waals surface area contributed by atoms with Crippen LogP contribution in [-0.4, -0.2) is 53.9 Å². The number of aromatic nitrogens is 6. The van der Waals surface area contributed by atoms with Gasteiger partial charge in [0, 0.05) is 23.7 Å². The zero-order chi connectivity index (χ0) is 16.5. The fourth-order valence-corrected chi connectivity index (χ4v) is 2.82. The van der Waals surface area contributed by atoms with E-state index in [1.165, 1.54) is 0 Å². The minimum Gasteiger partial charge on any atom is -0.334 e. The lowest BCUT2D eigenvalue weighted by molar-refractivity contribution is 0.0498. The molecule has 3 aromatic rings. The second kappa shape index (κ2) is 6.04. The first-order chi connectivity index (χ1) is 11.7. The summed E-state index contributed by atoms with van der Waals surface area (Å²) in [6, 6.07) is 7.12. The highest BCUT2D eigenvalue weighted by Gasteiger charge is 2.33. The van der Waals surface area contributed by atoms with Crippen molar-refractivity contribution in [1.82, 2.24) is 34.9 Å². The molecule has 0 spiro atoms. The maximum absolute atomic E-state index is 12.4. The predicted molar refractivity (Wildman–Crippen MR) is 85.5 cm³/mol. The van der Waals surface area contributed by atoms with Crippen molar-refractivity contribution >= 4 is 17.5 Å². The average molecular weight is 344 g/mol. The summed E-state index contributed by atoms with van der Waals surface area (Å²) in [5.41, 5.74) is 1.39. The molecule has 122 valence electrons. The van der Waals surface area contributed by atoms with Gasteiger partial charge in [-0.2, -0.15) is 15.0 Å². The molecule has 0 bridgehead atoms. The van der Waals surface area contributed by atoms with E-state index in [0.717, 1.165) is 5.69 Å². The third-order valence-corrected chi connectivity index (χ3v) is 4.16. The second-order valence-corrected chi connectivity index (χ2v) is 6.06. The number of rotatable bonds is 4. The van der Waals surface area contributed by atoms with Crippen LogP contribution in [0.3, 0.4) is 0 Å². The molecule has 3 heterocycles. The molecule has 0 radical (unpaired) electrons.